The first-order valence-corrected chi connectivity index (χ1v) is 6.38. The van der Waals surface area contributed by atoms with Crippen molar-refractivity contribution in [3.05, 3.63) is 40.4 Å². The quantitative estimate of drug-likeness (QED) is 0.833. The summed E-state index contributed by atoms with van der Waals surface area (Å²) >= 11 is 1.72. The van der Waals surface area contributed by atoms with E-state index in [1.54, 1.807) is 11.3 Å². The molecule has 17 heavy (non-hydrogen) atoms. The van der Waals surface area contributed by atoms with Crippen LogP contribution in [0.25, 0.3) is 10.6 Å². The minimum Gasteiger partial charge on any atom is -0.311 e. The third kappa shape index (κ3) is 1.95. The zero-order chi connectivity index (χ0) is 11.7. The fourth-order valence-electron chi connectivity index (χ4n) is 1.97. The molecule has 84 valence electrons. The molecule has 0 spiro atoms. The van der Waals surface area contributed by atoms with E-state index in [2.05, 4.69) is 16.4 Å². The summed E-state index contributed by atoms with van der Waals surface area (Å²) in [5.74, 6) is 0. The van der Waals surface area contributed by atoms with Crippen molar-refractivity contribution in [1.82, 2.24) is 10.3 Å². The summed E-state index contributed by atoms with van der Waals surface area (Å²) in [7, 11) is 0. The minimum absolute atomic E-state index is 0.689. The number of rotatable bonds is 1. The predicted molar refractivity (Wildman–Crippen MR) is 67.7 cm³/mol. The van der Waals surface area contributed by atoms with E-state index in [1.165, 1.54) is 10.6 Å². The Bertz CT molecular complexity index is 571. The third-order valence-corrected chi connectivity index (χ3v) is 3.99. The summed E-state index contributed by atoms with van der Waals surface area (Å²) in [5, 5.41) is 13.3. The number of nitrogens with one attached hydrogen (secondary N) is 1. The summed E-state index contributed by atoms with van der Waals surface area (Å²) in [6.07, 6.45) is 1.00. The lowest BCUT2D eigenvalue weighted by atomic mass is 10.1. The van der Waals surface area contributed by atoms with E-state index in [4.69, 9.17) is 5.26 Å². The fourth-order valence-corrected chi connectivity index (χ4v) is 3.04. The maximum Gasteiger partial charge on any atom is 0.123 e. The van der Waals surface area contributed by atoms with Crippen LogP contribution in [0.2, 0.25) is 0 Å². The van der Waals surface area contributed by atoms with Crippen LogP contribution >= 0.6 is 11.3 Å². The van der Waals surface area contributed by atoms with E-state index in [-0.39, 0.29) is 0 Å². The van der Waals surface area contributed by atoms with E-state index in [0.29, 0.717) is 5.56 Å². The van der Waals surface area contributed by atoms with E-state index >= 15 is 0 Å². The fraction of sp³-hybridized carbons (Fsp3) is 0.231. The lowest BCUT2D eigenvalue weighted by molar-refractivity contribution is 0.644. The topological polar surface area (TPSA) is 48.7 Å². The second-order valence-corrected chi connectivity index (χ2v) is 5.09. The third-order valence-electron chi connectivity index (χ3n) is 2.84. The molecule has 0 amide bonds. The van der Waals surface area contributed by atoms with Crippen molar-refractivity contribution in [2.75, 3.05) is 6.54 Å². The monoisotopic (exact) mass is 241 g/mol. The van der Waals surface area contributed by atoms with Crippen molar-refractivity contribution in [2.24, 2.45) is 0 Å². The van der Waals surface area contributed by atoms with Crippen molar-refractivity contribution >= 4 is 11.3 Å². The molecule has 0 fully saturated rings. The van der Waals surface area contributed by atoms with Gasteiger partial charge < -0.3 is 5.32 Å². The van der Waals surface area contributed by atoms with Crippen LogP contribution in [-0.4, -0.2) is 11.5 Å². The predicted octanol–water partition coefficient (Wildman–Crippen LogP) is 2.33. The molecule has 1 aromatic carbocycles. The first-order valence-electron chi connectivity index (χ1n) is 5.56. The summed E-state index contributed by atoms with van der Waals surface area (Å²) in [6, 6.07) is 9.80. The van der Waals surface area contributed by atoms with Gasteiger partial charge in [0.2, 0.25) is 0 Å². The zero-order valence-corrected chi connectivity index (χ0v) is 10.0. The number of aromatic nitrogens is 1. The van der Waals surface area contributed by atoms with Crippen LogP contribution in [0, 0.1) is 11.3 Å². The van der Waals surface area contributed by atoms with Gasteiger partial charge in [-0.15, -0.1) is 11.3 Å². The lowest BCUT2D eigenvalue weighted by Crippen LogP contribution is -2.22. The number of benzene rings is 1. The average Bonchev–Trinajstić information content (AvgIpc) is 2.82. The molecule has 1 aromatic heterocycles. The standard InChI is InChI=1S/C13H11N3S/c14-7-9-2-1-3-10(6-9)13-16-11-4-5-15-8-12(11)17-13/h1-3,6,15H,4-5,8H2. The summed E-state index contributed by atoms with van der Waals surface area (Å²) in [5.41, 5.74) is 2.95. The van der Waals surface area contributed by atoms with Crippen LogP contribution in [-0.2, 0) is 13.0 Å². The Balaban J connectivity index is 2.03. The first kappa shape index (κ1) is 10.5. The summed E-state index contributed by atoms with van der Waals surface area (Å²) in [6.45, 7) is 1.93. The number of nitrogens with zero attached hydrogens (tertiary/aromatic N) is 2. The second-order valence-electron chi connectivity index (χ2n) is 4.01. The van der Waals surface area contributed by atoms with Gasteiger partial charge in [0.05, 0.1) is 17.3 Å². The van der Waals surface area contributed by atoms with Crippen LogP contribution in [0.5, 0.6) is 0 Å². The van der Waals surface area contributed by atoms with Crippen LogP contribution in [0.1, 0.15) is 16.1 Å². The van der Waals surface area contributed by atoms with Crippen molar-refractivity contribution in [3.8, 4) is 16.6 Å². The van der Waals surface area contributed by atoms with Gasteiger partial charge in [0.25, 0.3) is 0 Å². The molecule has 0 radical (unpaired) electrons. The lowest BCUT2D eigenvalue weighted by Gasteiger charge is -2.09. The molecule has 1 N–H and O–H groups in total. The van der Waals surface area contributed by atoms with Crippen molar-refractivity contribution in [2.45, 2.75) is 13.0 Å². The highest BCUT2D eigenvalue weighted by Crippen LogP contribution is 2.29. The Morgan fingerprint density at radius 1 is 1.41 bits per heavy atom. The molecule has 4 heteroatoms. The second kappa shape index (κ2) is 4.28. The van der Waals surface area contributed by atoms with Gasteiger partial charge in [-0.25, -0.2) is 4.98 Å². The van der Waals surface area contributed by atoms with Gasteiger partial charge in [-0.05, 0) is 12.1 Å². The first-order chi connectivity index (χ1) is 8.36. The molecule has 0 saturated heterocycles. The highest BCUT2D eigenvalue weighted by atomic mass is 32.1. The van der Waals surface area contributed by atoms with Gasteiger partial charge in [0.1, 0.15) is 5.01 Å². The van der Waals surface area contributed by atoms with Gasteiger partial charge in [0, 0.05) is 30.0 Å². The Morgan fingerprint density at radius 2 is 2.35 bits per heavy atom. The zero-order valence-electron chi connectivity index (χ0n) is 9.23. The number of fused-ring (bicyclic) bond motifs is 1. The van der Waals surface area contributed by atoms with Crippen LogP contribution in [0.4, 0.5) is 0 Å². The van der Waals surface area contributed by atoms with E-state index in [1.807, 2.05) is 24.3 Å². The number of thiazole rings is 1. The molecule has 0 atom stereocenters. The highest BCUT2D eigenvalue weighted by molar-refractivity contribution is 7.15. The molecule has 1 aliphatic rings. The van der Waals surface area contributed by atoms with Crippen LogP contribution in [0.3, 0.4) is 0 Å². The molecule has 3 nitrogen and oxygen atoms in total. The van der Waals surface area contributed by atoms with Crippen molar-refractivity contribution in [3.63, 3.8) is 0 Å². The summed E-state index contributed by atoms with van der Waals surface area (Å²) < 4.78 is 0. The Labute approximate surface area is 104 Å². The molecule has 2 heterocycles. The minimum atomic E-state index is 0.689. The molecule has 0 unspecified atom stereocenters. The maximum absolute atomic E-state index is 8.89. The molecule has 2 aromatic rings. The van der Waals surface area contributed by atoms with E-state index in [9.17, 15) is 0 Å². The van der Waals surface area contributed by atoms with Crippen molar-refractivity contribution in [1.29, 1.82) is 5.26 Å². The van der Waals surface area contributed by atoms with Crippen LogP contribution < -0.4 is 5.32 Å². The number of hydrogen-bond acceptors (Lipinski definition) is 4. The maximum atomic E-state index is 8.89. The highest BCUT2D eigenvalue weighted by Gasteiger charge is 2.15. The summed E-state index contributed by atoms with van der Waals surface area (Å²) in [4.78, 5) is 5.99. The molecule has 1 aliphatic heterocycles. The van der Waals surface area contributed by atoms with Gasteiger partial charge in [-0.3, -0.25) is 0 Å². The van der Waals surface area contributed by atoms with E-state index in [0.717, 1.165) is 30.1 Å². The van der Waals surface area contributed by atoms with Crippen molar-refractivity contribution < 1.29 is 0 Å². The number of hydrogen-bond donors (Lipinski definition) is 1. The van der Waals surface area contributed by atoms with Gasteiger partial charge in [-0.2, -0.15) is 5.26 Å². The molecule has 3 rings (SSSR count). The normalized spacial score (nSPS) is 14.1. The molecule has 0 bridgehead atoms. The van der Waals surface area contributed by atoms with Crippen LogP contribution in [0.15, 0.2) is 24.3 Å². The SMILES string of the molecule is N#Cc1cccc(-c2nc3c(s2)CNCC3)c1. The molecular weight excluding hydrogens is 230 g/mol. The number of nitriles is 1. The Kier molecular flexibility index (Phi) is 2.63. The molecule has 0 saturated carbocycles. The molecule has 0 aliphatic carbocycles. The van der Waals surface area contributed by atoms with Gasteiger partial charge in [-0.1, -0.05) is 12.1 Å². The van der Waals surface area contributed by atoms with Gasteiger partial charge in [0.15, 0.2) is 0 Å². The largest absolute Gasteiger partial charge is 0.311 e. The van der Waals surface area contributed by atoms with Gasteiger partial charge >= 0.3 is 0 Å². The smallest absolute Gasteiger partial charge is 0.123 e. The average molecular weight is 241 g/mol. The Hall–Kier alpha value is -1.70. The molecular formula is C13H11N3S. The van der Waals surface area contributed by atoms with E-state index < -0.39 is 0 Å². The Morgan fingerprint density at radius 3 is 3.18 bits per heavy atom.